The van der Waals surface area contributed by atoms with E-state index in [0.717, 1.165) is 39.6 Å². The number of hydrogen-bond acceptors (Lipinski definition) is 3. The van der Waals surface area contributed by atoms with Gasteiger partial charge in [0, 0.05) is 5.56 Å². The topological polar surface area (TPSA) is 47.1 Å². The molecule has 0 spiro atoms. The maximum Gasteiger partial charge on any atom is 0.231 e. The zero-order chi connectivity index (χ0) is 14.2. The predicted octanol–water partition coefficient (Wildman–Crippen LogP) is 2.27. The van der Waals surface area contributed by atoms with Crippen molar-refractivity contribution >= 4 is 13.3 Å². The molecule has 0 aliphatic carbocycles. The van der Waals surface area contributed by atoms with Gasteiger partial charge >= 0.3 is 0 Å². The molecule has 4 rings (SSSR count). The molecule has 0 amide bonds. The Morgan fingerprint density at radius 3 is 2.81 bits per heavy atom. The Morgan fingerprint density at radius 1 is 1.00 bits per heavy atom. The number of H-pyrrole nitrogens is 1. The molecule has 1 aromatic heterocycles. The molecular weight excluding hydrogens is 263 g/mol. The zero-order valence-electron chi connectivity index (χ0n) is 11.2. The minimum Gasteiger partial charge on any atom is -0.454 e. The normalized spacial score (nSPS) is 12.6. The molecule has 21 heavy (non-hydrogen) atoms. The Hall–Kier alpha value is -2.69. The van der Waals surface area contributed by atoms with E-state index in [0.29, 0.717) is 0 Å². The van der Waals surface area contributed by atoms with Crippen molar-refractivity contribution in [2.45, 2.75) is 0 Å². The summed E-state index contributed by atoms with van der Waals surface area (Å²) in [6.45, 7) is 0.269. The summed E-state index contributed by atoms with van der Waals surface area (Å²) in [7, 11) is 5.81. The number of rotatable bonds is 2. The fraction of sp³-hybridized carbons (Fsp3) is 0.0625. The van der Waals surface area contributed by atoms with E-state index in [1.54, 1.807) is 6.20 Å². The number of fused-ring (bicyclic) bond motifs is 1. The lowest BCUT2D eigenvalue weighted by molar-refractivity contribution is 0.174. The van der Waals surface area contributed by atoms with Gasteiger partial charge in [-0.3, -0.25) is 0 Å². The molecule has 0 fully saturated rings. The number of ether oxygens (including phenoxy) is 2. The molecule has 3 aromatic rings. The van der Waals surface area contributed by atoms with Crippen molar-refractivity contribution in [2.75, 3.05) is 6.79 Å². The Kier molecular flexibility index (Phi) is 2.70. The molecule has 1 N–H and O–H groups in total. The van der Waals surface area contributed by atoms with Crippen molar-refractivity contribution in [1.82, 2.24) is 9.97 Å². The number of nitrogens with one attached hydrogen (secondary N) is 1. The third-order valence-corrected chi connectivity index (χ3v) is 3.42. The highest BCUT2D eigenvalue weighted by Crippen LogP contribution is 2.35. The minimum atomic E-state index is 0.269. The van der Waals surface area contributed by atoms with E-state index >= 15 is 0 Å². The second-order valence-corrected chi connectivity index (χ2v) is 4.84. The molecular formula is C16H11BN2O2. The van der Waals surface area contributed by atoms with E-state index in [-0.39, 0.29) is 6.79 Å². The van der Waals surface area contributed by atoms with Gasteiger partial charge in [0.1, 0.15) is 13.7 Å². The largest absolute Gasteiger partial charge is 0.454 e. The van der Waals surface area contributed by atoms with Crippen molar-refractivity contribution in [3.63, 3.8) is 0 Å². The summed E-state index contributed by atoms with van der Waals surface area (Å²) in [5.74, 6) is 2.29. The summed E-state index contributed by atoms with van der Waals surface area (Å²) >= 11 is 0. The van der Waals surface area contributed by atoms with Crippen molar-refractivity contribution < 1.29 is 9.47 Å². The maximum atomic E-state index is 5.81. The average Bonchev–Trinajstić information content (AvgIpc) is 3.15. The maximum absolute atomic E-state index is 5.81. The second-order valence-electron chi connectivity index (χ2n) is 4.84. The molecule has 0 atom stereocenters. The minimum absolute atomic E-state index is 0.269. The Labute approximate surface area is 123 Å². The number of benzene rings is 2. The van der Waals surface area contributed by atoms with Crippen LogP contribution in [0, 0.1) is 0 Å². The first kappa shape index (κ1) is 12.1. The van der Waals surface area contributed by atoms with Crippen LogP contribution < -0.4 is 14.9 Å². The van der Waals surface area contributed by atoms with E-state index in [9.17, 15) is 0 Å². The Balaban J connectivity index is 1.71. The molecule has 1 aliphatic heterocycles. The first-order valence-electron chi connectivity index (χ1n) is 6.60. The van der Waals surface area contributed by atoms with Gasteiger partial charge < -0.3 is 14.5 Å². The third-order valence-electron chi connectivity index (χ3n) is 3.42. The lowest BCUT2D eigenvalue weighted by Crippen LogP contribution is -2.00. The van der Waals surface area contributed by atoms with Crippen LogP contribution in [-0.4, -0.2) is 24.6 Å². The molecule has 5 heteroatoms. The van der Waals surface area contributed by atoms with Crippen LogP contribution in [0.5, 0.6) is 11.5 Å². The van der Waals surface area contributed by atoms with E-state index < -0.39 is 0 Å². The molecule has 0 bridgehead atoms. The van der Waals surface area contributed by atoms with Crippen LogP contribution in [0.25, 0.3) is 22.6 Å². The van der Waals surface area contributed by atoms with Crippen LogP contribution in [0.3, 0.4) is 0 Å². The zero-order valence-corrected chi connectivity index (χ0v) is 11.2. The number of nitrogens with zero attached hydrogens (tertiary/aromatic N) is 1. The smallest absolute Gasteiger partial charge is 0.231 e. The third kappa shape index (κ3) is 2.16. The van der Waals surface area contributed by atoms with E-state index in [2.05, 4.69) is 9.97 Å². The summed E-state index contributed by atoms with van der Waals surface area (Å²) in [4.78, 5) is 7.73. The Bertz CT molecular complexity index is 814. The van der Waals surface area contributed by atoms with Gasteiger partial charge in [-0.05, 0) is 23.8 Å². The fourth-order valence-electron chi connectivity index (χ4n) is 2.36. The van der Waals surface area contributed by atoms with Crippen molar-refractivity contribution in [3.8, 4) is 34.1 Å². The lowest BCUT2D eigenvalue weighted by atomic mass is 9.94. The van der Waals surface area contributed by atoms with Gasteiger partial charge in [-0.2, -0.15) is 0 Å². The number of imidazole rings is 1. The SMILES string of the molecule is [B]c1cccc(-c2cnc(-c3ccc4c(c3)OCO4)[nH]2)c1. The number of aromatic nitrogens is 2. The summed E-state index contributed by atoms with van der Waals surface area (Å²) in [5, 5.41) is 0. The first-order valence-corrected chi connectivity index (χ1v) is 6.60. The fourth-order valence-corrected chi connectivity index (χ4v) is 2.36. The van der Waals surface area contributed by atoms with Gasteiger partial charge in [0.25, 0.3) is 0 Å². The quantitative estimate of drug-likeness (QED) is 0.729. The van der Waals surface area contributed by atoms with Crippen LogP contribution in [0.2, 0.25) is 0 Å². The van der Waals surface area contributed by atoms with Gasteiger partial charge in [-0.15, -0.1) is 0 Å². The standard InChI is InChI=1S/C16H11BN2O2/c17-12-3-1-2-10(6-12)13-8-18-16(19-13)11-4-5-14-15(7-11)21-9-20-14/h1-8H,9H2,(H,18,19). The Morgan fingerprint density at radius 2 is 1.90 bits per heavy atom. The predicted molar refractivity (Wildman–Crippen MR) is 81.0 cm³/mol. The van der Waals surface area contributed by atoms with Crippen LogP contribution in [0.1, 0.15) is 0 Å². The van der Waals surface area contributed by atoms with Gasteiger partial charge in [0.2, 0.25) is 6.79 Å². The molecule has 1 aliphatic rings. The van der Waals surface area contributed by atoms with Crippen LogP contribution in [-0.2, 0) is 0 Å². The number of aromatic amines is 1. The number of hydrogen-bond donors (Lipinski definition) is 1. The monoisotopic (exact) mass is 274 g/mol. The van der Waals surface area contributed by atoms with Gasteiger partial charge in [0.05, 0.1) is 11.9 Å². The van der Waals surface area contributed by atoms with Crippen molar-refractivity contribution in [3.05, 3.63) is 48.7 Å². The molecule has 0 saturated carbocycles. The summed E-state index contributed by atoms with van der Waals surface area (Å²) in [5.41, 5.74) is 3.62. The second kappa shape index (κ2) is 4.70. The highest BCUT2D eigenvalue weighted by molar-refractivity contribution is 6.32. The summed E-state index contributed by atoms with van der Waals surface area (Å²) in [6, 6.07) is 13.5. The van der Waals surface area contributed by atoms with E-state index in [4.69, 9.17) is 17.3 Å². The molecule has 2 heterocycles. The summed E-state index contributed by atoms with van der Waals surface area (Å²) in [6.07, 6.45) is 1.80. The lowest BCUT2D eigenvalue weighted by Gasteiger charge is -2.01. The van der Waals surface area contributed by atoms with E-state index in [1.807, 2.05) is 42.5 Å². The van der Waals surface area contributed by atoms with E-state index in [1.165, 1.54) is 0 Å². The van der Waals surface area contributed by atoms with Gasteiger partial charge in [-0.1, -0.05) is 29.7 Å². The summed E-state index contributed by atoms with van der Waals surface area (Å²) < 4.78 is 10.7. The molecule has 2 aromatic carbocycles. The molecule has 4 nitrogen and oxygen atoms in total. The highest BCUT2D eigenvalue weighted by atomic mass is 16.7. The van der Waals surface area contributed by atoms with Gasteiger partial charge in [-0.25, -0.2) is 4.98 Å². The van der Waals surface area contributed by atoms with Crippen molar-refractivity contribution in [1.29, 1.82) is 0 Å². The van der Waals surface area contributed by atoms with Crippen LogP contribution >= 0.6 is 0 Å². The van der Waals surface area contributed by atoms with Crippen LogP contribution in [0.15, 0.2) is 48.7 Å². The van der Waals surface area contributed by atoms with Crippen molar-refractivity contribution in [2.24, 2.45) is 0 Å². The van der Waals surface area contributed by atoms with Crippen LogP contribution in [0.4, 0.5) is 0 Å². The molecule has 2 radical (unpaired) electrons. The highest BCUT2D eigenvalue weighted by Gasteiger charge is 2.15. The molecule has 0 saturated heterocycles. The van der Waals surface area contributed by atoms with Gasteiger partial charge in [0.15, 0.2) is 11.5 Å². The molecule has 100 valence electrons. The first-order chi connectivity index (χ1) is 10.3. The average molecular weight is 274 g/mol. The molecule has 0 unspecified atom stereocenters.